The molecule has 2 heterocycles. The van der Waals surface area contributed by atoms with Gasteiger partial charge in [-0.05, 0) is 20.4 Å². The van der Waals surface area contributed by atoms with Crippen molar-refractivity contribution in [3.05, 3.63) is 11.8 Å². The van der Waals surface area contributed by atoms with Crippen molar-refractivity contribution in [2.24, 2.45) is 7.05 Å². The van der Waals surface area contributed by atoms with Crippen LogP contribution in [0.2, 0.25) is 0 Å². The maximum absolute atomic E-state index is 12.3. The fourth-order valence-electron chi connectivity index (χ4n) is 2.46. The van der Waals surface area contributed by atoms with Gasteiger partial charge in [0.15, 0.2) is 0 Å². The van der Waals surface area contributed by atoms with Gasteiger partial charge < -0.3 is 5.11 Å². The highest BCUT2D eigenvalue weighted by atomic mass is 16.3. The summed E-state index contributed by atoms with van der Waals surface area (Å²) >= 11 is 0. The molecular weight excluding hydrogens is 232 g/mol. The van der Waals surface area contributed by atoms with E-state index in [1.807, 2.05) is 32.0 Å². The van der Waals surface area contributed by atoms with Gasteiger partial charge in [-0.15, -0.1) is 0 Å². The number of aliphatic hydroxyl groups is 1. The molecule has 1 atom stereocenters. The third-order valence-corrected chi connectivity index (χ3v) is 3.42. The van der Waals surface area contributed by atoms with Crippen LogP contribution in [-0.4, -0.2) is 58.5 Å². The summed E-state index contributed by atoms with van der Waals surface area (Å²) in [4.78, 5) is 16.0. The first-order chi connectivity index (χ1) is 8.54. The van der Waals surface area contributed by atoms with Crippen molar-refractivity contribution in [2.45, 2.75) is 19.4 Å². The number of hydrogen-bond acceptors (Lipinski definition) is 4. The zero-order chi connectivity index (χ0) is 13.3. The van der Waals surface area contributed by atoms with Crippen LogP contribution in [0, 0.1) is 6.92 Å². The predicted octanol–water partition coefficient (Wildman–Crippen LogP) is -0.242. The molecule has 0 spiro atoms. The molecule has 6 nitrogen and oxygen atoms in total. The number of hydrogen-bond donors (Lipinski definition) is 1. The second-order valence-electron chi connectivity index (χ2n) is 4.77. The van der Waals surface area contributed by atoms with Crippen LogP contribution in [0.25, 0.3) is 0 Å². The Morgan fingerprint density at radius 1 is 1.61 bits per heavy atom. The highest BCUT2D eigenvalue weighted by Gasteiger charge is 2.36. The first-order valence-electron chi connectivity index (χ1n) is 6.17. The Morgan fingerprint density at radius 3 is 2.89 bits per heavy atom. The summed E-state index contributed by atoms with van der Waals surface area (Å²) in [6.45, 7) is 3.22. The molecule has 1 amide bonds. The van der Waals surface area contributed by atoms with Crippen molar-refractivity contribution < 1.29 is 9.90 Å². The SMILES string of the molecule is Cc1cc(N2CCC(N(C)CCO)C2=O)n(C)n1. The van der Waals surface area contributed by atoms with Gasteiger partial charge in [-0.25, -0.2) is 0 Å². The Hall–Kier alpha value is -1.40. The zero-order valence-electron chi connectivity index (χ0n) is 11.1. The molecule has 0 bridgehead atoms. The number of aliphatic hydroxyl groups excluding tert-OH is 1. The lowest BCUT2D eigenvalue weighted by Gasteiger charge is -2.22. The van der Waals surface area contributed by atoms with E-state index in [9.17, 15) is 4.79 Å². The molecule has 1 saturated heterocycles. The van der Waals surface area contributed by atoms with Crippen LogP contribution in [0.15, 0.2) is 6.07 Å². The van der Waals surface area contributed by atoms with E-state index >= 15 is 0 Å². The Balaban J connectivity index is 2.14. The lowest BCUT2D eigenvalue weighted by atomic mass is 10.2. The average Bonchev–Trinajstić information content (AvgIpc) is 2.82. The minimum atomic E-state index is -0.132. The normalized spacial score (nSPS) is 20.2. The predicted molar refractivity (Wildman–Crippen MR) is 68.4 cm³/mol. The number of carbonyl (C=O) groups excluding carboxylic acids is 1. The highest BCUT2D eigenvalue weighted by molar-refractivity contribution is 5.98. The number of carbonyl (C=O) groups is 1. The molecule has 2 rings (SSSR count). The van der Waals surface area contributed by atoms with Crippen molar-refractivity contribution >= 4 is 11.7 Å². The van der Waals surface area contributed by atoms with E-state index in [-0.39, 0.29) is 18.6 Å². The smallest absolute Gasteiger partial charge is 0.245 e. The number of anilines is 1. The lowest BCUT2D eigenvalue weighted by Crippen LogP contribution is -2.41. The van der Waals surface area contributed by atoms with Crippen molar-refractivity contribution in [1.82, 2.24) is 14.7 Å². The molecule has 0 aliphatic carbocycles. The van der Waals surface area contributed by atoms with E-state index in [4.69, 9.17) is 5.11 Å². The maximum Gasteiger partial charge on any atom is 0.245 e. The number of aromatic nitrogens is 2. The second kappa shape index (κ2) is 5.07. The number of rotatable bonds is 4. The molecule has 1 aliphatic heterocycles. The van der Waals surface area contributed by atoms with Gasteiger partial charge in [0.1, 0.15) is 5.82 Å². The van der Waals surface area contributed by atoms with Crippen LogP contribution in [0.4, 0.5) is 5.82 Å². The van der Waals surface area contributed by atoms with E-state index in [0.717, 1.165) is 17.9 Å². The molecule has 0 radical (unpaired) electrons. The Morgan fingerprint density at radius 2 is 2.33 bits per heavy atom. The van der Waals surface area contributed by atoms with Gasteiger partial charge in [0, 0.05) is 26.2 Å². The summed E-state index contributed by atoms with van der Waals surface area (Å²) in [5.41, 5.74) is 0.910. The van der Waals surface area contributed by atoms with Gasteiger partial charge >= 0.3 is 0 Å². The molecular formula is C12H20N4O2. The summed E-state index contributed by atoms with van der Waals surface area (Å²) in [6, 6.07) is 1.79. The van der Waals surface area contributed by atoms with Gasteiger partial charge in [-0.1, -0.05) is 0 Å². The molecule has 1 aromatic rings. The van der Waals surface area contributed by atoms with Gasteiger partial charge in [0.05, 0.1) is 18.3 Å². The summed E-state index contributed by atoms with van der Waals surface area (Å²) in [6.07, 6.45) is 0.791. The second-order valence-corrected chi connectivity index (χ2v) is 4.77. The third kappa shape index (κ3) is 2.26. The Bertz CT molecular complexity index is 443. The topological polar surface area (TPSA) is 61.6 Å². The largest absolute Gasteiger partial charge is 0.395 e. The maximum atomic E-state index is 12.3. The van der Waals surface area contributed by atoms with Crippen LogP contribution < -0.4 is 4.90 Å². The van der Waals surface area contributed by atoms with E-state index in [1.54, 1.807) is 9.58 Å². The molecule has 1 aliphatic rings. The van der Waals surface area contributed by atoms with Gasteiger partial charge in [-0.3, -0.25) is 19.3 Å². The van der Waals surface area contributed by atoms with Gasteiger partial charge in [0.2, 0.25) is 5.91 Å². The highest BCUT2D eigenvalue weighted by Crippen LogP contribution is 2.23. The molecule has 0 saturated carbocycles. The van der Waals surface area contributed by atoms with Crippen LogP contribution >= 0.6 is 0 Å². The molecule has 1 aromatic heterocycles. The molecule has 1 fully saturated rings. The third-order valence-electron chi connectivity index (χ3n) is 3.42. The first kappa shape index (κ1) is 13.0. The first-order valence-corrected chi connectivity index (χ1v) is 6.17. The summed E-state index contributed by atoms with van der Waals surface area (Å²) in [5.74, 6) is 0.936. The molecule has 1 N–H and O–H groups in total. The summed E-state index contributed by atoms with van der Waals surface area (Å²) in [7, 11) is 3.72. The van der Waals surface area contributed by atoms with E-state index in [0.29, 0.717) is 13.1 Å². The van der Waals surface area contributed by atoms with E-state index in [2.05, 4.69) is 5.10 Å². The summed E-state index contributed by atoms with van der Waals surface area (Å²) in [5, 5.41) is 13.2. The molecule has 6 heteroatoms. The lowest BCUT2D eigenvalue weighted by molar-refractivity contribution is -0.121. The van der Waals surface area contributed by atoms with Crippen molar-refractivity contribution in [2.75, 3.05) is 31.6 Å². The monoisotopic (exact) mass is 252 g/mol. The number of aryl methyl sites for hydroxylation is 2. The Kier molecular flexibility index (Phi) is 3.68. The molecule has 1 unspecified atom stereocenters. The standard InChI is InChI=1S/C12H20N4O2/c1-9-8-11(15(3)13-9)16-5-4-10(12(16)18)14(2)6-7-17/h8,10,17H,4-7H2,1-3H3. The molecule has 100 valence electrons. The van der Waals surface area contributed by atoms with Gasteiger partial charge in [-0.2, -0.15) is 5.10 Å². The minimum absolute atomic E-state index is 0.0745. The summed E-state index contributed by atoms with van der Waals surface area (Å²) < 4.78 is 1.74. The molecule has 18 heavy (non-hydrogen) atoms. The number of nitrogens with zero attached hydrogens (tertiary/aromatic N) is 4. The Labute approximate surface area is 107 Å². The van der Waals surface area contributed by atoms with Crippen LogP contribution in [0.1, 0.15) is 12.1 Å². The van der Waals surface area contributed by atoms with Crippen molar-refractivity contribution in [3.8, 4) is 0 Å². The van der Waals surface area contributed by atoms with Crippen LogP contribution in [0.5, 0.6) is 0 Å². The van der Waals surface area contributed by atoms with Crippen LogP contribution in [0.3, 0.4) is 0 Å². The van der Waals surface area contributed by atoms with Gasteiger partial charge in [0.25, 0.3) is 0 Å². The van der Waals surface area contributed by atoms with E-state index in [1.165, 1.54) is 0 Å². The minimum Gasteiger partial charge on any atom is -0.395 e. The average molecular weight is 252 g/mol. The fraction of sp³-hybridized carbons (Fsp3) is 0.667. The zero-order valence-corrected chi connectivity index (χ0v) is 11.1. The number of likely N-dealkylation sites (N-methyl/N-ethyl adjacent to an activating group) is 1. The number of amides is 1. The fourth-order valence-corrected chi connectivity index (χ4v) is 2.46. The molecule has 0 aromatic carbocycles. The van der Waals surface area contributed by atoms with Crippen LogP contribution in [-0.2, 0) is 11.8 Å². The van der Waals surface area contributed by atoms with Crippen molar-refractivity contribution in [3.63, 3.8) is 0 Å². The van der Waals surface area contributed by atoms with E-state index < -0.39 is 0 Å². The van der Waals surface area contributed by atoms with Crippen molar-refractivity contribution in [1.29, 1.82) is 0 Å². The quantitative estimate of drug-likeness (QED) is 0.803.